The van der Waals surface area contributed by atoms with Crippen LogP contribution in [0.3, 0.4) is 0 Å². The van der Waals surface area contributed by atoms with E-state index >= 15 is 0 Å². The third-order valence-electron chi connectivity index (χ3n) is 2.83. The molecule has 6 heteroatoms. The molecule has 1 aromatic heterocycles. The molecule has 1 rings (SSSR count). The predicted molar refractivity (Wildman–Crippen MR) is 80.4 cm³/mol. The van der Waals surface area contributed by atoms with Crippen molar-refractivity contribution in [2.75, 3.05) is 50.9 Å². The van der Waals surface area contributed by atoms with Crippen LogP contribution < -0.4 is 16.4 Å². The van der Waals surface area contributed by atoms with E-state index in [2.05, 4.69) is 39.3 Å². The molecule has 0 saturated heterocycles. The molecule has 0 bridgehead atoms. The molecule has 6 nitrogen and oxygen atoms in total. The summed E-state index contributed by atoms with van der Waals surface area (Å²) in [5, 5.41) is 6.56. The summed E-state index contributed by atoms with van der Waals surface area (Å²) in [6.45, 7) is 7.50. The maximum atomic E-state index is 5.70. The number of nitrogens with one attached hydrogen (secondary N) is 2. The molecular formula is C13H26N6. The lowest BCUT2D eigenvalue weighted by Crippen LogP contribution is -2.31. The standard InChI is InChI=1S/C13H26N6/c1-13(2,8-14)9-16-12-7-11(17-10-18-12)15-5-6-19(3)4/h7,10H,5-6,8-9,14H2,1-4H3,(H2,15,16,17,18). The Balaban J connectivity index is 2.48. The summed E-state index contributed by atoms with van der Waals surface area (Å²) >= 11 is 0. The van der Waals surface area contributed by atoms with Crippen LogP contribution in [0.4, 0.5) is 11.6 Å². The van der Waals surface area contributed by atoms with Crippen LogP contribution in [0.2, 0.25) is 0 Å². The highest BCUT2D eigenvalue weighted by Gasteiger charge is 2.15. The molecule has 0 spiro atoms. The zero-order chi connectivity index (χ0) is 14.3. The van der Waals surface area contributed by atoms with E-state index < -0.39 is 0 Å². The van der Waals surface area contributed by atoms with Crippen molar-refractivity contribution in [3.05, 3.63) is 12.4 Å². The number of hydrogen-bond donors (Lipinski definition) is 3. The second kappa shape index (κ2) is 7.25. The van der Waals surface area contributed by atoms with Gasteiger partial charge in [-0.05, 0) is 26.1 Å². The van der Waals surface area contributed by atoms with Gasteiger partial charge in [0.05, 0.1) is 0 Å². The maximum absolute atomic E-state index is 5.70. The maximum Gasteiger partial charge on any atom is 0.131 e. The van der Waals surface area contributed by atoms with Gasteiger partial charge in [-0.2, -0.15) is 0 Å². The fourth-order valence-electron chi connectivity index (χ4n) is 1.36. The van der Waals surface area contributed by atoms with Crippen LogP contribution >= 0.6 is 0 Å². The summed E-state index contributed by atoms with van der Waals surface area (Å²) < 4.78 is 0. The number of nitrogens with two attached hydrogens (primary N) is 1. The van der Waals surface area contributed by atoms with Gasteiger partial charge in [0.1, 0.15) is 18.0 Å². The van der Waals surface area contributed by atoms with Crippen LogP contribution in [-0.4, -0.2) is 55.1 Å². The first-order chi connectivity index (χ1) is 8.93. The smallest absolute Gasteiger partial charge is 0.131 e. The molecule has 0 aliphatic heterocycles. The highest BCUT2D eigenvalue weighted by molar-refractivity contribution is 5.46. The van der Waals surface area contributed by atoms with Gasteiger partial charge in [0.15, 0.2) is 0 Å². The van der Waals surface area contributed by atoms with Gasteiger partial charge in [-0.25, -0.2) is 9.97 Å². The van der Waals surface area contributed by atoms with Crippen LogP contribution in [0.5, 0.6) is 0 Å². The lowest BCUT2D eigenvalue weighted by Gasteiger charge is -2.23. The van der Waals surface area contributed by atoms with Gasteiger partial charge in [-0.15, -0.1) is 0 Å². The normalized spacial score (nSPS) is 11.7. The highest BCUT2D eigenvalue weighted by atomic mass is 15.1. The third-order valence-corrected chi connectivity index (χ3v) is 2.83. The van der Waals surface area contributed by atoms with Gasteiger partial charge >= 0.3 is 0 Å². The van der Waals surface area contributed by atoms with E-state index in [-0.39, 0.29) is 5.41 Å². The second-order valence-electron chi connectivity index (χ2n) is 5.74. The Hall–Kier alpha value is -1.40. The first kappa shape index (κ1) is 15.7. The SMILES string of the molecule is CN(C)CCNc1cc(NCC(C)(C)CN)ncn1. The Morgan fingerprint density at radius 3 is 2.42 bits per heavy atom. The molecule has 0 aliphatic carbocycles. The van der Waals surface area contributed by atoms with E-state index in [9.17, 15) is 0 Å². The van der Waals surface area contributed by atoms with Gasteiger partial charge in [0.2, 0.25) is 0 Å². The van der Waals surface area contributed by atoms with Gasteiger partial charge in [-0.3, -0.25) is 0 Å². The van der Waals surface area contributed by atoms with E-state index in [0.717, 1.165) is 31.3 Å². The van der Waals surface area contributed by atoms with E-state index in [1.54, 1.807) is 6.33 Å². The summed E-state index contributed by atoms with van der Waals surface area (Å²) in [7, 11) is 4.09. The van der Waals surface area contributed by atoms with Crippen LogP contribution in [0.1, 0.15) is 13.8 Å². The number of aromatic nitrogens is 2. The summed E-state index contributed by atoms with van der Waals surface area (Å²) in [5.41, 5.74) is 5.76. The average Bonchev–Trinajstić information content (AvgIpc) is 2.37. The summed E-state index contributed by atoms with van der Waals surface area (Å²) in [5.74, 6) is 1.66. The number of rotatable bonds is 8. The molecule has 1 heterocycles. The monoisotopic (exact) mass is 266 g/mol. The van der Waals surface area contributed by atoms with Crippen LogP contribution in [0.25, 0.3) is 0 Å². The molecule has 0 saturated carbocycles. The molecule has 0 fully saturated rings. The van der Waals surface area contributed by atoms with Crippen molar-refractivity contribution in [1.82, 2.24) is 14.9 Å². The molecular weight excluding hydrogens is 240 g/mol. The number of nitrogens with zero attached hydrogens (tertiary/aromatic N) is 3. The number of hydrogen-bond acceptors (Lipinski definition) is 6. The molecule has 4 N–H and O–H groups in total. The Kier molecular flexibility index (Phi) is 5.98. The quantitative estimate of drug-likeness (QED) is 0.647. The van der Waals surface area contributed by atoms with Crippen molar-refractivity contribution >= 4 is 11.6 Å². The van der Waals surface area contributed by atoms with Crippen molar-refractivity contribution in [2.24, 2.45) is 11.1 Å². The van der Waals surface area contributed by atoms with Crippen molar-refractivity contribution in [1.29, 1.82) is 0 Å². The predicted octanol–water partition coefficient (Wildman–Crippen LogP) is 0.847. The molecule has 19 heavy (non-hydrogen) atoms. The molecule has 0 atom stereocenters. The average molecular weight is 266 g/mol. The molecule has 0 radical (unpaired) electrons. The van der Waals surface area contributed by atoms with E-state index in [4.69, 9.17) is 5.73 Å². The summed E-state index contributed by atoms with van der Waals surface area (Å²) in [6.07, 6.45) is 1.57. The zero-order valence-electron chi connectivity index (χ0n) is 12.4. The minimum absolute atomic E-state index is 0.0590. The van der Waals surface area contributed by atoms with Crippen molar-refractivity contribution in [3.63, 3.8) is 0 Å². The van der Waals surface area contributed by atoms with Crippen LogP contribution in [-0.2, 0) is 0 Å². The molecule has 108 valence electrons. The Labute approximate surface area is 115 Å². The topological polar surface area (TPSA) is 79.1 Å². The fraction of sp³-hybridized carbons (Fsp3) is 0.692. The van der Waals surface area contributed by atoms with E-state index in [1.807, 2.05) is 20.2 Å². The van der Waals surface area contributed by atoms with Crippen LogP contribution in [0, 0.1) is 5.41 Å². The Bertz CT molecular complexity index is 377. The van der Waals surface area contributed by atoms with Crippen molar-refractivity contribution < 1.29 is 0 Å². The van der Waals surface area contributed by atoms with Crippen molar-refractivity contribution in [2.45, 2.75) is 13.8 Å². The van der Waals surface area contributed by atoms with Crippen molar-refractivity contribution in [3.8, 4) is 0 Å². The fourth-order valence-corrected chi connectivity index (χ4v) is 1.36. The van der Waals surface area contributed by atoms with Gasteiger partial charge in [0.25, 0.3) is 0 Å². The van der Waals surface area contributed by atoms with Gasteiger partial charge < -0.3 is 21.3 Å². The van der Waals surface area contributed by atoms with E-state index in [1.165, 1.54) is 0 Å². The highest BCUT2D eigenvalue weighted by Crippen LogP contribution is 2.15. The molecule has 0 aliphatic rings. The molecule has 0 unspecified atom stereocenters. The lowest BCUT2D eigenvalue weighted by atomic mass is 9.94. The molecule has 0 aromatic carbocycles. The van der Waals surface area contributed by atoms with Crippen LogP contribution in [0.15, 0.2) is 12.4 Å². The third kappa shape index (κ3) is 6.35. The minimum atomic E-state index is 0.0590. The lowest BCUT2D eigenvalue weighted by molar-refractivity contribution is 0.405. The largest absolute Gasteiger partial charge is 0.369 e. The zero-order valence-corrected chi connectivity index (χ0v) is 12.4. The number of likely N-dealkylation sites (N-methyl/N-ethyl adjacent to an activating group) is 1. The Morgan fingerprint density at radius 1 is 1.21 bits per heavy atom. The molecule has 0 amide bonds. The van der Waals surface area contributed by atoms with Gasteiger partial charge in [0, 0.05) is 25.7 Å². The summed E-state index contributed by atoms with van der Waals surface area (Å²) in [4.78, 5) is 10.5. The number of anilines is 2. The Morgan fingerprint density at radius 2 is 1.84 bits per heavy atom. The van der Waals surface area contributed by atoms with E-state index in [0.29, 0.717) is 6.54 Å². The first-order valence-electron chi connectivity index (χ1n) is 6.57. The summed E-state index contributed by atoms with van der Waals surface area (Å²) in [6, 6.07) is 1.92. The minimum Gasteiger partial charge on any atom is -0.369 e. The first-order valence-corrected chi connectivity index (χ1v) is 6.57. The van der Waals surface area contributed by atoms with Gasteiger partial charge in [-0.1, -0.05) is 13.8 Å². The molecule has 1 aromatic rings. The second-order valence-corrected chi connectivity index (χ2v) is 5.74.